The highest BCUT2D eigenvalue weighted by Crippen LogP contribution is 2.26. The fourth-order valence-corrected chi connectivity index (χ4v) is 5.87. The topological polar surface area (TPSA) is 98.8 Å². The van der Waals surface area contributed by atoms with E-state index in [2.05, 4.69) is 10.6 Å². The van der Waals surface area contributed by atoms with Crippen molar-refractivity contribution in [3.63, 3.8) is 0 Å². The maximum atomic E-state index is 13.1. The molecule has 1 fully saturated rings. The second-order valence-electron chi connectivity index (χ2n) is 8.52. The molecule has 8 nitrogen and oxygen atoms in total. The summed E-state index contributed by atoms with van der Waals surface area (Å²) in [4.78, 5) is 26.4. The molecule has 0 unspecified atom stereocenters. The molecule has 0 aromatic heterocycles. The Morgan fingerprint density at radius 1 is 0.909 bits per heavy atom. The first-order valence-electron chi connectivity index (χ1n) is 11.3. The van der Waals surface area contributed by atoms with Crippen molar-refractivity contribution in [2.75, 3.05) is 45.1 Å². The minimum Gasteiger partial charge on any atom is -0.355 e. The SMILES string of the molecule is CNC(=O)c1ccc(NC(=O)CN2CCN(S(=O)(=O)c3ccc4c(c3)CCCC4)CC2)cc1. The summed E-state index contributed by atoms with van der Waals surface area (Å²) in [7, 11) is -1.97. The summed E-state index contributed by atoms with van der Waals surface area (Å²) in [5.74, 6) is -0.357. The van der Waals surface area contributed by atoms with E-state index in [1.807, 2.05) is 17.0 Å². The second kappa shape index (κ2) is 10.0. The molecule has 1 aliphatic carbocycles. The van der Waals surface area contributed by atoms with E-state index in [4.69, 9.17) is 0 Å². The number of hydrogen-bond acceptors (Lipinski definition) is 5. The predicted molar refractivity (Wildman–Crippen MR) is 127 cm³/mol. The molecular weight excluding hydrogens is 440 g/mol. The van der Waals surface area contributed by atoms with E-state index < -0.39 is 10.0 Å². The third kappa shape index (κ3) is 5.43. The molecule has 0 atom stereocenters. The molecule has 9 heteroatoms. The highest BCUT2D eigenvalue weighted by atomic mass is 32.2. The third-order valence-electron chi connectivity index (χ3n) is 6.31. The molecule has 176 valence electrons. The zero-order valence-corrected chi connectivity index (χ0v) is 19.7. The van der Waals surface area contributed by atoms with Crippen molar-refractivity contribution in [1.82, 2.24) is 14.5 Å². The highest BCUT2D eigenvalue weighted by Gasteiger charge is 2.29. The fourth-order valence-electron chi connectivity index (χ4n) is 4.40. The maximum absolute atomic E-state index is 13.1. The van der Waals surface area contributed by atoms with Gasteiger partial charge in [-0.25, -0.2) is 8.42 Å². The number of piperazine rings is 1. The van der Waals surface area contributed by atoms with Gasteiger partial charge >= 0.3 is 0 Å². The van der Waals surface area contributed by atoms with Crippen LogP contribution in [0.3, 0.4) is 0 Å². The minimum atomic E-state index is -3.54. The molecule has 2 N–H and O–H groups in total. The Balaban J connectivity index is 1.30. The maximum Gasteiger partial charge on any atom is 0.251 e. The number of benzene rings is 2. The number of nitrogens with one attached hydrogen (secondary N) is 2. The van der Waals surface area contributed by atoms with Gasteiger partial charge in [-0.05, 0) is 73.2 Å². The Hall–Kier alpha value is -2.75. The van der Waals surface area contributed by atoms with Crippen LogP contribution in [-0.4, -0.2) is 69.2 Å². The third-order valence-corrected chi connectivity index (χ3v) is 8.21. The Kier molecular flexibility index (Phi) is 7.11. The molecule has 0 spiro atoms. The lowest BCUT2D eigenvalue weighted by molar-refractivity contribution is -0.117. The quantitative estimate of drug-likeness (QED) is 0.672. The standard InChI is InChI=1S/C24H30N4O4S/c1-25-24(30)19-6-9-21(10-7-19)26-23(29)17-27-12-14-28(15-13-27)33(31,32)22-11-8-18-4-2-3-5-20(18)16-22/h6-11,16H,2-5,12-15,17H2,1H3,(H,25,30)(H,26,29). The Labute approximate surface area is 195 Å². The number of aryl methyl sites for hydroxylation is 2. The summed E-state index contributed by atoms with van der Waals surface area (Å²) >= 11 is 0. The molecule has 0 bridgehead atoms. The Morgan fingerprint density at radius 2 is 1.58 bits per heavy atom. The van der Waals surface area contributed by atoms with Gasteiger partial charge in [-0.15, -0.1) is 0 Å². The molecule has 1 saturated heterocycles. The molecule has 1 aliphatic heterocycles. The van der Waals surface area contributed by atoms with Crippen LogP contribution in [0.1, 0.15) is 34.3 Å². The molecule has 0 radical (unpaired) electrons. The molecule has 1 heterocycles. The molecule has 2 amide bonds. The first-order valence-corrected chi connectivity index (χ1v) is 12.8. The number of amides is 2. The van der Waals surface area contributed by atoms with E-state index in [0.717, 1.165) is 31.2 Å². The first-order chi connectivity index (χ1) is 15.9. The van der Waals surface area contributed by atoms with Gasteiger partial charge < -0.3 is 10.6 Å². The summed E-state index contributed by atoms with van der Waals surface area (Å²) in [6, 6.07) is 12.2. The van der Waals surface area contributed by atoms with E-state index >= 15 is 0 Å². The van der Waals surface area contributed by atoms with E-state index in [0.29, 0.717) is 42.3 Å². The van der Waals surface area contributed by atoms with Gasteiger partial charge in [-0.3, -0.25) is 14.5 Å². The van der Waals surface area contributed by atoms with Gasteiger partial charge in [0.25, 0.3) is 5.91 Å². The van der Waals surface area contributed by atoms with Gasteiger partial charge in [0.05, 0.1) is 11.4 Å². The van der Waals surface area contributed by atoms with E-state index in [9.17, 15) is 18.0 Å². The molecule has 2 aromatic rings. The minimum absolute atomic E-state index is 0.173. The summed E-state index contributed by atoms with van der Waals surface area (Å²) in [6.45, 7) is 1.88. The molecule has 4 rings (SSSR count). The number of carbonyl (C=O) groups excluding carboxylic acids is 2. The van der Waals surface area contributed by atoms with Crippen LogP contribution in [0.25, 0.3) is 0 Å². The smallest absolute Gasteiger partial charge is 0.251 e. The van der Waals surface area contributed by atoms with Crippen LogP contribution in [0, 0.1) is 0 Å². The van der Waals surface area contributed by atoms with Crippen molar-refractivity contribution in [2.45, 2.75) is 30.6 Å². The van der Waals surface area contributed by atoms with Crippen LogP contribution < -0.4 is 10.6 Å². The van der Waals surface area contributed by atoms with Crippen molar-refractivity contribution in [1.29, 1.82) is 0 Å². The van der Waals surface area contributed by atoms with E-state index in [-0.39, 0.29) is 18.4 Å². The predicted octanol–water partition coefficient (Wildman–Crippen LogP) is 1.87. The van der Waals surface area contributed by atoms with Crippen LogP contribution in [-0.2, 0) is 27.7 Å². The number of nitrogens with zero attached hydrogens (tertiary/aromatic N) is 2. The van der Waals surface area contributed by atoms with Crippen molar-refractivity contribution in [3.05, 3.63) is 59.2 Å². The lowest BCUT2D eigenvalue weighted by Gasteiger charge is -2.33. The van der Waals surface area contributed by atoms with Gasteiger partial charge in [0.2, 0.25) is 15.9 Å². The van der Waals surface area contributed by atoms with Crippen LogP contribution in [0.4, 0.5) is 5.69 Å². The number of rotatable bonds is 6. The Morgan fingerprint density at radius 3 is 2.24 bits per heavy atom. The summed E-state index contributed by atoms with van der Waals surface area (Å²) < 4.78 is 27.8. The molecule has 33 heavy (non-hydrogen) atoms. The van der Waals surface area contributed by atoms with Crippen molar-refractivity contribution < 1.29 is 18.0 Å². The van der Waals surface area contributed by atoms with Crippen molar-refractivity contribution in [2.24, 2.45) is 0 Å². The Bertz CT molecular complexity index is 1120. The number of fused-ring (bicyclic) bond motifs is 1. The molecule has 2 aromatic carbocycles. The van der Waals surface area contributed by atoms with Gasteiger partial charge in [0.15, 0.2) is 0 Å². The zero-order chi connectivity index (χ0) is 23.4. The second-order valence-corrected chi connectivity index (χ2v) is 10.5. The average molecular weight is 471 g/mol. The van der Waals surface area contributed by atoms with Gasteiger partial charge in [-0.2, -0.15) is 4.31 Å². The fraction of sp³-hybridized carbons (Fsp3) is 0.417. The zero-order valence-electron chi connectivity index (χ0n) is 18.8. The molecule has 0 saturated carbocycles. The van der Waals surface area contributed by atoms with Crippen LogP contribution >= 0.6 is 0 Å². The first kappa shape index (κ1) is 23.4. The largest absolute Gasteiger partial charge is 0.355 e. The summed E-state index contributed by atoms with van der Waals surface area (Å²) in [5.41, 5.74) is 3.55. The summed E-state index contributed by atoms with van der Waals surface area (Å²) in [5, 5.41) is 5.38. The van der Waals surface area contributed by atoms with Crippen LogP contribution in [0.15, 0.2) is 47.4 Å². The number of hydrogen-bond donors (Lipinski definition) is 2. The monoisotopic (exact) mass is 470 g/mol. The van der Waals surface area contributed by atoms with Gasteiger partial charge in [0, 0.05) is 44.5 Å². The number of carbonyl (C=O) groups is 2. The van der Waals surface area contributed by atoms with Crippen LogP contribution in [0.5, 0.6) is 0 Å². The lowest BCUT2D eigenvalue weighted by atomic mass is 9.92. The van der Waals surface area contributed by atoms with E-state index in [1.165, 1.54) is 9.87 Å². The lowest BCUT2D eigenvalue weighted by Crippen LogP contribution is -2.50. The number of anilines is 1. The van der Waals surface area contributed by atoms with E-state index in [1.54, 1.807) is 37.4 Å². The molecule has 2 aliphatic rings. The normalized spacial score (nSPS) is 17.2. The number of sulfonamides is 1. The van der Waals surface area contributed by atoms with Gasteiger partial charge in [-0.1, -0.05) is 6.07 Å². The van der Waals surface area contributed by atoms with Crippen LogP contribution in [0.2, 0.25) is 0 Å². The summed E-state index contributed by atoms with van der Waals surface area (Å²) in [6.07, 6.45) is 4.23. The van der Waals surface area contributed by atoms with Crippen molar-refractivity contribution >= 4 is 27.5 Å². The van der Waals surface area contributed by atoms with Crippen molar-refractivity contribution in [3.8, 4) is 0 Å². The van der Waals surface area contributed by atoms with Gasteiger partial charge in [0.1, 0.15) is 0 Å². The average Bonchev–Trinajstić information content (AvgIpc) is 2.84. The molecular formula is C24H30N4O4S. The highest BCUT2D eigenvalue weighted by molar-refractivity contribution is 7.89.